The summed E-state index contributed by atoms with van der Waals surface area (Å²) in [6, 6.07) is 14.9. The number of rotatable bonds is 1. The van der Waals surface area contributed by atoms with Gasteiger partial charge < -0.3 is 5.73 Å². The first kappa shape index (κ1) is 10.5. The van der Waals surface area contributed by atoms with Gasteiger partial charge in [0.15, 0.2) is 0 Å². The van der Waals surface area contributed by atoms with Gasteiger partial charge in [-0.2, -0.15) is 0 Å². The average molecular weight is 227 g/mol. The Labute approximate surface area is 100 Å². The summed E-state index contributed by atoms with van der Waals surface area (Å²) in [5.74, 6) is -0.216. The Morgan fingerprint density at radius 3 is 2.35 bits per heavy atom. The highest BCUT2D eigenvalue weighted by Crippen LogP contribution is 2.40. The van der Waals surface area contributed by atoms with Crippen molar-refractivity contribution >= 4 is 0 Å². The molecule has 0 amide bonds. The van der Waals surface area contributed by atoms with Crippen LogP contribution in [0.5, 0.6) is 0 Å². The van der Waals surface area contributed by atoms with Crippen LogP contribution in [-0.2, 0) is 12.0 Å². The molecular formula is C15H14FN. The van der Waals surface area contributed by atoms with Gasteiger partial charge in [0.2, 0.25) is 0 Å². The van der Waals surface area contributed by atoms with Gasteiger partial charge in [0, 0.05) is 5.56 Å². The SMILES string of the molecule is NC1(c2ccccc2F)CCc2ccccc21. The van der Waals surface area contributed by atoms with Crippen molar-refractivity contribution in [2.75, 3.05) is 0 Å². The minimum absolute atomic E-state index is 0.216. The molecule has 0 aliphatic heterocycles. The summed E-state index contributed by atoms with van der Waals surface area (Å²) < 4.78 is 13.9. The first-order valence-corrected chi connectivity index (χ1v) is 5.84. The van der Waals surface area contributed by atoms with Gasteiger partial charge in [-0.1, -0.05) is 42.5 Å². The summed E-state index contributed by atoms with van der Waals surface area (Å²) in [6.07, 6.45) is 1.69. The van der Waals surface area contributed by atoms with E-state index in [2.05, 4.69) is 6.07 Å². The van der Waals surface area contributed by atoms with Crippen LogP contribution in [0.25, 0.3) is 0 Å². The smallest absolute Gasteiger partial charge is 0.128 e. The number of halogens is 1. The van der Waals surface area contributed by atoms with Crippen LogP contribution in [0.1, 0.15) is 23.1 Å². The van der Waals surface area contributed by atoms with Gasteiger partial charge in [0.1, 0.15) is 5.82 Å². The van der Waals surface area contributed by atoms with Gasteiger partial charge in [-0.15, -0.1) is 0 Å². The van der Waals surface area contributed by atoms with E-state index in [-0.39, 0.29) is 5.82 Å². The lowest BCUT2D eigenvalue weighted by Gasteiger charge is -2.26. The molecule has 17 heavy (non-hydrogen) atoms. The molecule has 0 bridgehead atoms. The molecule has 1 nitrogen and oxygen atoms in total. The van der Waals surface area contributed by atoms with Crippen molar-refractivity contribution < 1.29 is 4.39 Å². The number of hydrogen-bond donors (Lipinski definition) is 1. The van der Waals surface area contributed by atoms with Gasteiger partial charge in [-0.05, 0) is 30.0 Å². The molecule has 0 saturated heterocycles. The third-order valence-electron chi connectivity index (χ3n) is 3.64. The molecule has 2 N–H and O–H groups in total. The van der Waals surface area contributed by atoms with Crippen molar-refractivity contribution in [3.63, 3.8) is 0 Å². The topological polar surface area (TPSA) is 26.0 Å². The molecule has 2 aromatic carbocycles. The average Bonchev–Trinajstić information content (AvgIpc) is 2.70. The largest absolute Gasteiger partial charge is 0.318 e. The van der Waals surface area contributed by atoms with Crippen molar-refractivity contribution in [2.24, 2.45) is 5.73 Å². The molecule has 86 valence electrons. The predicted octanol–water partition coefficient (Wildman–Crippen LogP) is 2.97. The Morgan fingerprint density at radius 1 is 0.941 bits per heavy atom. The van der Waals surface area contributed by atoms with Crippen LogP contribution in [0.3, 0.4) is 0 Å². The van der Waals surface area contributed by atoms with E-state index >= 15 is 0 Å². The maximum Gasteiger partial charge on any atom is 0.128 e. The fraction of sp³-hybridized carbons (Fsp3) is 0.200. The molecule has 0 radical (unpaired) electrons. The van der Waals surface area contributed by atoms with Crippen LogP contribution in [0.4, 0.5) is 4.39 Å². The second kappa shape index (κ2) is 3.67. The maximum absolute atomic E-state index is 13.9. The molecule has 0 spiro atoms. The minimum atomic E-state index is -0.665. The Morgan fingerprint density at radius 2 is 1.59 bits per heavy atom. The van der Waals surface area contributed by atoms with E-state index < -0.39 is 5.54 Å². The minimum Gasteiger partial charge on any atom is -0.318 e. The first-order valence-electron chi connectivity index (χ1n) is 5.84. The molecule has 1 aliphatic carbocycles. The Balaban J connectivity index is 2.19. The molecule has 0 saturated carbocycles. The Kier molecular flexibility index (Phi) is 2.26. The van der Waals surface area contributed by atoms with Crippen molar-refractivity contribution in [1.29, 1.82) is 0 Å². The molecule has 1 unspecified atom stereocenters. The highest BCUT2D eigenvalue weighted by Gasteiger charge is 2.37. The number of nitrogens with two attached hydrogens (primary N) is 1. The van der Waals surface area contributed by atoms with E-state index in [4.69, 9.17) is 5.73 Å². The Hall–Kier alpha value is -1.67. The van der Waals surface area contributed by atoms with Gasteiger partial charge in [0.05, 0.1) is 5.54 Å². The molecule has 3 rings (SSSR count). The molecule has 2 heteroatoms. The van der Waals surface area contributed by atoms with Crippen molar-refractivity contribution in [3.05, 3.63) is 71.0 Å². The van der Waals surface area contributed by atoms with Crippen molar-refractivity contribution in [3.8, 4) is 0 Å². The summed E-state index contributed by atoms with van der Waals surface area (Å²) in [4.78, 5) is 0. The lowest BCUT2D eigenvalue weighted by molar-refractivity contribution is 0.491. The van der Waals surface area contributed by atoms with Crippen molar-refractivity contribution in [2.45, 2.75) is 18.4 Å². The number of fused-ring (bicyclic) bond motifs is 1. The summed E-state index contributed by atoms with van der Waals surface area (Å²) in [5, 5.41) is 0. The standard InChI is InChI=1S/C15H14FN/c16-14-8-4-3-7-13(14)15(17)10-9-11-5-1-2-6-12(11)15/h1-8H,9-10,17H2. The lowest BCUT2D eigenvalue weighted by atomic mass is 9.85. The molecular weight excluding hydrogens is 213 g/mol. The van der Waals surface area contributed by atoms with Crippen LogP contribution in [0, 0.1) is 5.82 Å². The number of hydrogen-bond acceptors (Lipinski definition) is 1. The predicted molar refractivity (Wildman–Crippen MR) is 66.1 cm³/mol. The van der Waals surface area contributed by atoms with Crippen molar-refractivity contribution in [1.82, 2.24) is 0 Å². The van der Waals surface area contributed by atoms with E-state index in [1.54, 1.807) is 12.1 Å². The number of aryl methyl sites for hydroxylation is 1. The molecule has 1 aliphatic rings. The van der Waals surface area contributed by atoms with Crippen LogP contribution in [0.2, 0.25) is 0 Å². The van der Waals surface area contributed by atoms with E-state index in [1.807, 2.05) is 24.3 Å². The second-order valence-electron chi connectivity index (χ2n) is 4.61. The van der Waals surface area contributed by atoms with Gasteiger partial charge in [0.25, 0.3) is 0 Å². The van der Waals surface area contributed by atoms with Gasteiger partial charge in [-0.3, -0.25) is 0 Å². The zero-order valence-electron chi connectivity index (χ0n) is 9.49. The van der Waals surface area contributed by atoms with Crippen LogP contribution < -0.4 is 5.73 Å². The molecule has 0 fully saturated rings. The first-order chi connectivity index (χ1) is 8.22. The molecule has 2 aromatic rings. The highest BCUT2D eigenvalue weighted by molar-refractivity contribution is 5.46. The number of benzene rings is 2. The fourth-order valence-electron chi connectivity index (χ4n) is 2.74. The summed E-state index contributed by atoms with van der Waals surface area (Å²) >= 11 is 0. The van der Waals surface area contributed by atoms with Gasteiger partial charge in [-0.25, -0.2) is 4.39 Å². The second-order valence-corrected chi connectivity index (χ2v) is 4.61. The summed E-state index contributed by atoms with van der Waals surface area (Å²) in [6.45, 7) is 0. The summed E-state index contributed by atoms with van der Waals surface area (Å²) in [7, 11) is 0. The van der Waals surface area contributed by atoms with E-state index in [1.165, 1.54) is 11.6 Å². The highest BCUT2D eigenvalue weighted by atomic mass is 19.1. The fourth-order valence-corrected chi connectivity index (χ4v) is 2.74. The zero-order chi connectivity index (χ0) is 11.9. The lowest BCUT2D eigenvalue weighted by Crippen LogP contribution is -2.36. The third-order valence-corrected chi connectivity index (χ3v) is 3.64. The maximum atomic E-state index is 13.9. The van der Waals surface area contributed by atoms with Gasteiger partial charge >= 0.3 is 0 Å². The molecule has 1 atom stereocenters. The zero-order valence-corrected chi connectivity index (χ0v) is 9.49. The van der Waals surface area contributed by atoms with Crippen LogP contribution in [-0.4, -0.2) is 0 Å². The van der Waals surface area contributed by atoms with E-state index in [0.29, 0.717) is 5.56 Å². The normalized spacial score (nSPS) is 22.5. The summed E-state index contributed by atoms with van der Waals surface area (Å²) in [5.41, 5.74) is 8.68. The Bertz CT molecular complexity index is 564. The molecule has 0 aromatic heterocycles. The van der Waals surface area contributed by atoms with Crippen LogP contribution >= 0.6 is 0 Å². The monoisotopic (exact) mass is 227 g/mol. The third kappa shape index (κ3) is 1.48. The van der Waals surface area contributed by atoms with E-state index in [9.17, 15) is 4.39 Å². The van der Waals surface area contributed by atoms with Crippen LogP contribution in [0.15, 0.2) is 48.5 Å². The molecule has 0 heterocycles. The van der Waals surface area contributed by atoms with E-state index in [0.717, 1.165) is 18.4 Å². The quantitative estimate of drug-likeness (QED) is 0.796.